The molecule has 2 aromatic rings. The lowest BCUT2D eigenvalue weighted by molar-refractivity contribution is 0.0772. The van der Waals surface area contributed by atoms with Gasteiger partial charge >= 0.3 is 0 Å². The summed E-state index contributed by atoms with van der Waals surface area (Å²) >= 11 is 6.11. The van der Waals surface area contributed by atoms with Crippen LogP contribution in [-0.2, 0) is 6.54 Å². The molecule has 24 heavy (non-hydrogen) atoms. The summed E-state index contributed by atoms with van der Waals surface area (Å²) in [6, 6.07) is 14.8. The molecule has 0 radical (unpaired) electrons. The molecule has 128 valence electrons. The Balaban J connectivity index is 0.00000208. The number of nitrogens with zero attached hydrogens (tertiary/aromatic N) is 1. The lowest BCUT2D eigenvalue weighted by atomic mass is 10.1. The Morgan fingerprint density at radius 2 is 1.92 bits per heavy atom. The van der Waals surface area contributed by atoms with Gasteiger partial charge in [0.1, 0.15) is 11.9 Å². The first-order valence-corrected chi connectivity index (χ1v) is 8.04. The van der Waals surface area contributed by atoms with Gasteiger partial charge in [-0.2, -0.15) is 0 Å². The van der Waals surface area contributed by atoms with Crippen molar-refractivity contribution < 1.29 is 9.53 Å². The molecule has 0 bridgehead atoms. The van der Waals surface area contributed by atoms with Crippen molar-refractivity contribution in [2.45, 2.75) is 19.1 Å². The Hall–Kier alpha value is -1.75. The summed E-state index contributed by atoms with van der Waals surface area (Å²) in [6.07, 6.45) is 0.778. The summed E-state index contributed by atoms with van der Waals surface area (Å²) < 4.78 is 5.92. The SMILES string of the molecule is Cl.NCc1ccc(C(=O)N2CCC(Oc3ccccc3Cl)C2)cc1. The fraction of sp³-hybridized carbons (Fsp3) is 0.278. The molecule has 0 aliphatic carbocycles. The molecule has 0 saturated carbocycles. The number of ether oxygens (including phenoxy) is 1. The third kappa shape index (κ3) is 4.20. The Morgan fingerprint density at radius 1 is 1.21 bits per heavy atom. The minimum absolute atomic E-state index is 0. The summed E-state index contributed by atoms with van der Waals surface area (Å²) in [4.78, 5) is 14.3. The molecule has 1 atom stereocenters. The molecular weight excluding hydrogens is 347 g/mol. The second kappa shape index (κ2) is 8.38. The first-order chi connectivity index (χ1) is 11.2. The quantitative estimate of drug-likeness (QED) is 0.900. The number of halogens is 2. The van der Waals surface area contributed by atoms with Gasteiger partial charge < -0.3 is 15.4 Å². The van der Waals surface area contributed by atoms with E-state index < -0.39 is 0 Å². The molecule has 1 amide bonds. The molecule has 1 aliphatic heterocycles. The van der Waals surface area contributed by atoms with Crippen molar-refractivity contribution >= 4 is 29.9 Å². The second-order valence-electron chi connectivity index (χ2n) is 5.61. The lowest BCUT2D eigenvalue weighted by Gasteiger charge is -2.18. The van der Waals surface area contributed by atoms with E-state index in [0.717, 1.165) is 12.0 Å². The van der Waals surface area contributed by atoms with Gasteiger partial charge in [-0.05, 0) is 29.8 Å². The van der Waals surface area contributed by atoms with Crippen molar-refractivity contribution in [3.05, 3.63) is 64.7 Å². The molecule has 1 saturated heterocycles. The topological polar surface area (TPSA) is 55.6 Å². The Bertz CT molecular complexity index is 692. The van der Waals surface area contributed by atoms with Crippen molar-refractivity contribution in [3.8, 4) is 5.75 Å². The number of hydrogen-bond acceptors (Lipinski definition) is 3. The maximum absolute atomic E-state index is 12.5. The van der Waals surface area contributed by atoms with Gasteiger partial charge in [-0.1, -0.05) is 35.9 Å². The fourth-order valence-corrected chi connectivity index (χ4v) is 2.87. The highest BCUT2D eigenvalue weighted by Crippen LogP contribution is 2.26. The molecule has 2 N–H and O–H groups in total. The van der Waals surface area contributed by atoms with Crippen molar-refractivity contribution in [1.29, 1.82) is 0 Å². The van der Waals surface area contributed by atoms with Gasteiger partial charge in [0.25, 0.3) is 5.91 Å². The van der Waals surface area contributed by atoms with Crippen LogP contribution in [0.15, 0.2) is 48.5 Å². The molecule has 1 aliphatic rings. The molecule has 2 aromatic carbocycles. The molecule has 0 spiro atoms. The van der Waals surface area contributed by atoms with Crippen LogP contribution in [0.4, 0.5) is 0 Å². The van der Waals surface area contributed by atoms with Crippen LogP contribution >= 0.6 is 24.0 Å². The van der Waals surface area contributed by atoms with E-state index in [-0.39, 0.29) is 24.4 Å². The first-order valence-electron chi connectivity index (χ1n) is 7.67. The van der Waals surface area contributed by atoms with Gasteiger partial charge in [-0.3, -0.25) is 4.79 Å². The minimum Gasteiger partial charge on any atom is -0.487 e. The number of hydrogen-bond donors (Lipinski definition) is 1. The first kappa shape index (κ1) is 18.6. The average molecular weight is 367 g/mol. The highest BCUT2D eigenvalue weighted by atomic mass is 35.5. The number of carbonyl (C=O) groups excluding carboxylic acids is 1. The molecule has 1 fully saturated rings. The van der Waals surface area contributed by atoms with Gasteiger partial charge in [0.05, 0.1) is 11.6 Å². The van der Waals surface area contributed by atoms with E-state index in [0.29, 0.717) is 36.0 Å². The summed E-state index contributed by atoms with van der Waals surface area (Å²) in [7, 11) is 0. The summed E-state index contributed by atoms with van der Waals surface area (Å²) in [6.45, 7) is 1.74. The number of benzene rings is 2. The van der Waals surface area contributed by atoms with Crippen molar-refractivity contribution in [2.75, 3.05) is 13.1 Å². The van der Waals surface area contributed by atoms with E-state index >= 15 is 0 Å². The lowest BCUT2D eigenvalue weighted by Crippen LogP contribution is -2.31. The predicted molar refractivity (Wildman–Crippen MR) is 98.0 cm³/mol. The van der Waals surface area contributed by atoms with Crippen LogP contribution < -0.4 is 10.5 Å². The summed E-state index contributed by atoms with van der Waals surface area (Å²) in [5, 5.41) is 0.592. The third-order valence-corrected chi connectivity index (χ3v) is 4.31. The van der Waals surface area contributed by atoms with E-state index in [1.165, 1.54) is 0 Å². The normalized spacial score (nSPS) is 16.6. The molecule has 0 aromatic heterocycles. The summed E-state index contributed by atoms with van der Waals surface area (Å²) in [5.41, 5.74) is 7.28. The van der Waals surface area contributed by atoms with Crippen LogP contribution in [-0.4, -0.2) is 30.0 Å². The highest BCUT2D eigenvalue weighted by molar-refractivity contribution is 6.32. The van der Waals surface area contributed by atoms with E-state index in [9.17, 15) is 4.79 Å². The monoisotopic (exact) mass is 366 g/mol. The molecular formula is C18H20Cl2N2O2. The highest BCUT2D eigenvalue weighted by Gasteiger charge is 2.28. The van der Waals surface area contributed by atoms with Crippen LogP contribution in [0.5, 0.6) is 5.75 Å². The number of likely N-dealkylation sites (tertiary alicyclic amines) is 1. The molecule has 6 heteroatoms. The van der Waals surface area contributed by atoms with Gasteiger partial charge in [0.15, 0.2) is 0 Å². The maximum Gasteiger partial charge on any atom is 0.253 e. The smallest absolute Gasteiger partial charge is 0.253 e. The van der Waals surface area contributed by atoms with Gasteiger partial charge in [-0.15, -0.1) is 12.4 Å². The van der Waals surface area contributed by atoms with E-state index in [2.05, 4.69) is 0 Å². The van der Waals surface area contributed by atoms with E-state index in [1.807, 2.05) is 47.4 Å². The Morgan fingerprint density at radius 3 is 2.58 bits per heavy atom. The molecule has 4 nitrogen and oxygen atoms in total. The minimum atomic E-state index is -0.0258. The number of amides is 1. The van der Waals surface area contributed by atoms with E-state index in [4.69, 9.17) is 22.1 Å². The largest absolute Gasteiger partial charge is 0.487 e. The molecule has 1 heterocycles. The maximum atomic E-state index is 12.5. The number of para-hydroxylation sites is 1. The van der Waals surface area contributed by atoms with Gasteiger partial charge in [0.2, 0.25) is 0 Å². The predicted octanol–water partition coefficient (Wildman–Crippen LogP) is 3.51. The van der Waals surface area contributed by atoms with Crippen molar-refractivity contribution in [2.24, 2.45) is 5.73 Å². The van der Waals surface area contributed by atoms with Gasteiger partial charge in [0, 0.05) is 25.1 Å². The Kier molecular flexibility index (Phi) is 6.49. The van der Waals surface area contributed by atoms with Crippen molar-refractivity contribution in [1.82, 2.24) is 4.90 Å². The fourth-order valence-electron chi connectivity index (χ4n) is 2.69. The van der Waals surface area contributed by atoms with Crippen molar-refractivity contribution in [3.63, 3.8) is 0 Å². The zero-order valence-electron chi connectivity index (χ0n) is 13.2. The zero-order chi connectivity index (χ0) is 16.2. The van der Waals surface area contributed by atoms with Crippen LogP contribution in [0.3, 0.4) is 0 Å². The molecule has 3 rings (SSSR count). The van der Waals surface area contributed by atoms with Crippen LogP contribution in [0.25, 0.3) is 0 Å². The number of nitrogens with two attached hydrogens (primary N) is 1. The zero-order valence-corrected chi connectivity index (χ0v) is 14.7. The molecule has 1 unspecified atom stereocenters. The van der Waals surface area contributed by atoms with Crippen LogP contribution in [0.2, 0.25) is 5.02 Å². The standard InChI is InChI=1S/C18H19ClN2O2.ClH/c19-16-3-1-2-4-17(16)23-15-9-10-21(12-15)18(22)14-7-5-13(11-20)6-8-14;/h1-8,15H,9-12,20H2;1H. The number of rotatable bonds is 4. The third-order valence-electron chi connectivity index (χ3n) is 4.00. The second-order valence-corrected chi connectivity index (χ2v) is 6.02. The summed E-state index contributed by atoms with van der Waals surface area (Å²) in [5.74, 6) is 0.694. The number of carbonyl (C=O) groups is 1. The van der Waals surface area contributed by atoms with Crippen LogP contribution in [0.1, 0.15) is 22.3 Å². The van der Waals surface area contributed by atoms with E-state index in [1.54, 1.807) is 6.07 Å². The Labute approximate surface area is 153 Å². The van der Waals surface area contributed by atoms with Gasteiger partial charge in [-0.25, -0.2) is 0 Å². The average Bonchev–Trinajstić information content (AvgIpc) is 3.05. The van der Waals surface area contributed by atoms with Crippen LogP contribution in [0, 0.1) is 0 Å².